The molecular formula is C14H29IN6. The number of nitrogens with one attached hydrogen (secondary N) is 2. The number of aliphatic imine (C=N–C) groups is 1. The van der Waals surface area contributed by atoms with Crippen LogP contribution in [0.2, 0.25) is 0 Å². The predicted molar refractivity (Wildman–Crippen MR) is 99.3 cm³/mol. The molecule has 1 aromatic rings. The van der Waals surface area contributed by atoms with Crippen molar-refractivity contribution in [3.8, 4) is 0 Å². The van der Waals surface area contributed by atoms with E-state index in [0.29, 0.717) is 12.6 Å². The molecule has 6 nitrogen and oxygen atoms in total. The number of halogens is 1. The Balaban J connectivity index is 0.00000400. The van der Waals surface area contributed by atoms with Gasteiger partial charge in [0.15, 0.2) is 5.96 Å². The lowest BCUT2D eigenvalue weighted by molar-refractivity contribution is 0.306. The Bertz CT molecular complexity index is 427. The Morgan fingerprint density at radius 3 is 2.52 bits per heavy atom. The molecule has 0 aliphatic carbocycles. The van der Waals surface area contributed by atoms with E-state index in [1.807, 2.05) is 24.1 Å². The molecule has 1 atom stereocenters. The van der Waals surface area contributed by atoms with Crippen LogP contribution in [0.5, 0.6) is 0 Å². The first-order valence-electron chi connectivity index (χ1n) is 7.13. The molecule has 122 valence electrons. The summed E-state index contributed by atoms with van der Waals surface area (Å²) in [5, 5.41) is 10.8. The number of nitrogens with zero attached hydrogens (tertiary/aromatic N) is 4. The fourth-order valence-electron chi connectivity index (χ4n) is 1.95. The SMILES string of the molecule is CCNC(=NCC(c1cnn(C)c1)N(C)C)NC(C)C.I. The summed E-state index contributed by atoms with van der Waals surface area (Å²) >= 11 is 0. The first kappa shape index (κ1) is 20.2. The molecule has 0 aliphatic rings. The van der Waals surface area contributed by atoms with E-state index in [4.69, 9.17) is 0 Å². The van der Waals surface area contributed by atoms with E-state index in [9.17, 15) is 0 Å². The van der Waals surface area contributed by atoms with Crippen LogP contribution in [0.1, 0.15) is 32.4 Å². The van der Waals surface area contributed by atoms with Crippen LogP contribution in [-0.4, -0.2) is 53.9 Å². The summed E-state index contributed by atoms with van der Waals surface area (Å²) < 4.78 is 1.83. The standard InChI is InChI=1S/C14H28N6.HI/c1-7-15-14(18-11(2)3)16-9-13(19(4)5)12-8-17-20(6)10-12;/h8,10-11,13H,7,9H2,1-6H3,(H2,15,16,18);1H. The molecule has 1 rings (SSSR count). The fraction of sp³-hybridized carbons (Fsp3) is 0.714. The van der Waals surface area contributed by atoms with Crippen LogP contribution in [0.4, 0.5) is 0 Å². The molecule has 21 heavy (non-hydrogen) atoms. The lowest BCUT2D eigenvalue weighted by Gasteiger charge is -2.22. The smallest absolute Gasteiger partial charge is 0.191 e. The van der Waals surface area contributed by atoms with Gasteiger partial charge in [-0.05, 0) is 34.9 Å². The molecule has 0 fully saturated rings. The zero-order valence-corrected chi connectivity index (χ0v) is 16.3. The van der Waals surface area contributed by atoms with E-state index in [-0.39, 0.29) is 30.0 Å². The van der Waals surface area contributed by atoms with Gasteiger partial charge in [0.2, 0.25) is 0 Å². The average molecular weight is 408 g/mol. The van der Waals surface area contributed by atoms with Crippen molar-refractivity contribution in [2.45, 2.75) is 32.9 Å². The van der Waals surface area contributed by atoms with Crippen molar-refractivity contribution >= 4 is 29.9 Å². The molecule has 0 bridgehead atoms. The summed E-state index contributed by atoms with van der Waals surface area (Å²) in [6.45, 7) is 7.84. The van der Waals surface area contributed by atoms with Gasteiger partial charge in [0.1, 0.15) is 0 Å². The van der Waals surface area contributed by atoms with Crippen molar-refractivity contribution in [1.82, 2.24) is 25.3 Å². The van der Waals surface area contributed by atoms with Gasteiger partial charge in [-0.15, -0.1) is 24.0 Å². The van der Waals surface area contributed by atoms with Crippen molar-refractivity contribution in [3.05, 3.63) is 18.0 Å². The second kappa shape index (κ2) is 9.99. The van der Waals surface area contributed by atoms with Crippen LogP contribution in [-0.2, 0) is 7.05 Å². The Morgan fingerprint density at radius 1 is 1.43 bits per heavy atom. The highest BCUT2D eigenvalue weighted by Gasteiger charge is 2.15. The van der Waals surface area contributed by atoms with Gasteiger partial charge in [-0.3, -0.25) is 9.67 Å². The van der Waals surface area contributed by atoms with E-state index in [1.54, 1.807) is 0 Å². The molecule has 0 aliphatic heterocycles. The molecule has 0 aromatic carbocycles. The van der Waals surface area contributed by atoms with Gasteiger partial charge < -0.3 is 15.5 Å². The van der Waals surface area contributed by atoms with Gasteiger partial charge in [0.05, 0.1) is 18.8 Å². The second-order valence-corrected chi connectivity index (χ2v) is 5.45. The molecule has 0 spiro atoms. The first-order valence-corrected chi connectivity index (χ1v) is 7.13. The molecule has 0 radical (unpaired) electrons. The van der Waals surface area contributed by atoms with Crippen LogP contribution in [0.15, 0.2) is 17.4 Å². The van der Waals surface area contributed by atoms with E-state index in [1.165, 1.54) is 5.56 Å². The van der Waals surface area contributed by atoms with Crippen molar-refractivity contribution in [2.24, 2.45) is 12.0 Å². The van der Waals surface area contributed by atoms with Gasteiger partial charge in [-0.2, -0.15) is 5.10 Å². The number of aryl methyl sites for hydroxylation is 1. The zero-order chi connectivity index (χ0) is 15.1. The number of hydrogen-bond donors (Lipinski definition) is 2. The predicted octanol–water partition coefficient (Wildman–Crippen LogP) is 1.60. The highest BCUT2D eigenvalue weighted by molar-refractivity contribution is 14.0. The van der Waals surface area contributed by atoms with Crippen LogP contribution in [0.3, 0.4) is 0 Å². The Labute approximate surface area is 145 Å². The maximum atomic E-state index is 4.68. The van der Waals surface area contributed by atoms with Gasteiger partial charge >= 0.3 is 0 Å². The van der Waals surface area contributed by atoms with Gasteiger partial charge in [0.25, 0.3) is 0 Å². The quantitative estimate of drug-likeness (QED) is 0.427. The molecule has 1 aromatic heterocycles. The van der Waals surface area contributed by atoms with E-state index in [2.05, 4.69) is 60.5 Å². The molecular weight excluding hydrogens is 379 g/mol. The minimum absolute atomic E-state index is 0. The first-order chi connectivity index (χ1) is 9.43. The third kappa shape index (κ3) is 7.12. The fourth-order valence-corrected chi connectivity index (χ4v) is 1.95. The van der Waals surface area contributed by atoms with Crippen molar-refractivity contribution in [1.29, 1.82) is 0 Å². The molecule has 0 saturated carbocycles. The van der Waals surface area contributed by atoms with Gasteiger partial charge in [-0.1, -0.05) is 0 Å². The molecule has 2 N–H and O–H groups in total. The maximum absolute atomic E-state index is 4.68. The van der Waals surface area contributed by atoms with Crippen molar-refractivity contribution in [2.75, 3.05) is 27.2 Å². The van der Waals surface area contributed by atoms with Gasteiger partial charge in [-0.25, -0.2) is 0 Å². The summed E-state index contributed by atoms with van der Waals surface area (Å²) in [7, 11) is 6.07. The zero-order valence-electron chi connectivity index (χ0n) is 13.9. The molecule has 0 amide bonds. The van der Waals surface area contributed by atoms with E-state index in [0.717, 1.165) is 12.5 Å². The molecule has 0 saturated heterocycles. The number of aromatic nitrogens is 2. The highest BCUT2D eigenvalue weighted by Crippen LogP contribution is 2.17. The van der Waals surface area contributed by atoms with Crippen LogP contribution in [0, 0.1) is 0 Å². The number of likely N-dealkylation sites (N-methyl/N-ethyl adjacent to an activating group) is 1. The number of rotatable bonds is 6. The Kier molecular flexibility index (Phi) is 9.60. The summed E-state index contributed by atoms with van der Waals surface area (Å²) in [6, 6.07) is 0.593. The Morgan fingerprint density at radius 2 is 2.10 bits per heavy atom. The summed E-state index contributed by atoms with van der Waals surface area (Å²) in [5.74, 6) is 0.859. The van der Waals surface area contributed by atoms with E-state index < -0.39 is 0 Å². The topological polar surface area (TPSA) is 57.5 Å². The third-order valence-electron chi connectivity index (χ3n) is 2.92. The Hall–Kier alpha value is -0.830. The average Bonchev–Trinajstić information content (AvgIpc) is 2.75. The van der Waals surface area contributed by atoms with Gasteiger partial charge in [0, 0.05) is 31.4 Å². The molecule has 7 heteroatoms. The van der Waals surface area contributed by atoms with Crippen LogP contribution < -0.4 is 10.6 Å². The summed E-state index contributed by atoms with van der Waals surface area (Å²) in [6.07, 6.45) is 3.95. The van der Waals surface area contributed by atoms with Crippen molar-refractivity contribution in [3.63, 3.8) is 0 Å². The number of hydrogen-bond acceptors (Lipinski definition) is 3. The highest BCUT2D eigenvalue weighted by atomic mass is 127. The summed E-state index contributed by atoms with van der Waals surface area (Å²) in [5.41, 5.74) is 1.18. The second-order valence-electron chi connectivity index (χ2n) is 5.45. The minimum Gasteiger partial charge on any atom is -0.357 e. The van der Waals surface area contributed by atoms with Crippen molar-refractivity contribution < 1.29 is 0 Å². The number of guanidine groups is 1. The van der Waals surface area contributed by atoms with Crippen LogP contribution in [0.25, 0.3) is 0 Å². The monoisotopic (exact) mass is 408 g/mol. The largest absolute Gasteiger partial charge is 0.357 e. The molecule has 1 heterocycles. The molecule has 1 unspecified atom stereocenters. The maximum Gasteiger partial charge on any atom is 0.191 e. The van der Waals surface area contributed by atoms with E-state index >= 15 is 0 Å². The van der Waals surface area contributed by atoms with Crippen LogP contribution >= 0.6 is 24.0 Å². The lowest BCUT2D eigenvalue weighted by atomic mass is 10.1. The normalized spacial score (nSPS) is 13.2. The summed E-state index contributed by atoms with van der Waals surface area (Å²) in [4.78, 5) is 6.84. The minimum atomic E-state index is 0. The lowest BCUT2D eigenvalue weighted by Crippen LogP contribution is -2.41. The third-order valence-corrected chi connectivity index (χ3v) is 2.92.